The van der Waals surface area contributed by atoms with E-state index in [1.165, 1.54) is 0 Å². The van der Waals surface area contributed by atoms with Gasteiger partial charge in [0, 0.05) is 13.0 Å². The van der Waals surface area contributed by atoms with Gasteiger partial charge in [0.15, 0.2) is 5.82 Å². The Morgan fingerprint density at radius 2 is 2.42 bits per heavy atom. The highest BCUT2D eigenvalue weighted by Gasteiger charge is 2.11. The monoisotopic (exact) mass is 161 g/mol. The second-order valence-corrected chi connectivity index (χ2v) is 2.93. The van der Waals surface area contributed by atoms with Crippen LogP contribution in [-0.2, 0) is 7.05 Å². The highest BCUT2D eigenvalue weighted by atomic mass is 15.3. The molecule has 3 heteroatoms. The fourth-order valence-electron chi connectivity index (χ4n) is 1.30. The lowest BCUT2D eigenvalue weighted by atomic mass is 10.0. The van der Waals surface area contributed by atoms with Crippen LogP contribution in [0.1, 0.15) is 18.2 Å². The van der Waals surface area contributed by atoms with Crippen molar-refractivity contribution in [2.24, 2.45) is 7.05 Å². The molecule has 1 unspecified atom stereocenters. The Morgan fingerprint density at radius 1 is 1.50 bits per heavy atom. The zero-order valence-electron chi connectivity index (χ0n) is 7.01. The van der Waals surface area contributed by atoms with E-state index >= 15 is 0 Å². The molecule has 0 saturated heterocycles. The van der Waals surface area contributed by atoms with Crippen LogP contribution in [0.5, 0.6) is 0 Å². The molecule has 0 fully saturated rings. The summed E-state index contributed by atoms with van der Waals surface area (Å²) in [5.41, 5.74) is 0. The van der Waals surface area contributed by atoms with Gasteiger partial charge in [-0.3, -0.25) is 4.68 Å². The van der Waals surface area contributed by atoms with Crippen LogP contribution in [0.3, 0.4) is 0 Å². The van der Waals surface area contributed by atoms with Crippen LogP contribution in [0, 0.1) is 0 Å². The molecule has 2 rings (SSSR count). The number of allylic oxidation sites excluding steroid dienone is 4. The molecule has 0 amide bonds. The summed E-state index contributed by atoms with van der Waals surface area (Å²) in [6, 6.07) is 0. The van der Waals surface area contributed by atoms with Crippen molar-refractivity contribution in [1.82, 2.24) is 14.8 Å². The third-order valence-corrected chi connectivity index (χ3v) is 1.93. The minimum absolute atomic E-state index is 0.371. The topological polar surface area (TPSA) is 30.7 Å². The van der Waals surface area contributed by atoms with E-state index in [1.807, 2.05) is 13.1 Å². The molecule has 0 bridgehead atoms. The van der Waals surface area contributed by atoms with E-state index in [-0.39, 0.29) is 0 Å². The average molecular weight is 161 g/mol. The minimum Gasteiger partial charge on any atom is -0.256 e. The van der Waals surface area contributed by atoms with Gasteiger partial charge in [0.2, 0.25) is 0 Å². The van der Waals surface area contributed by atoms with Gasteiger partial charge in [-0.1, -0.05) is 24.3 Å². The van der Waals surface area contributed by atoms with Crippen molar-refractivity contribution in [3.05, 3.63) is 36.5 Å². The highest BCUT2D eigenvalue weighted by Crippen LogP contribution is 2.20. The van der Waals surface area contributed by atoms with Gasteiger partial charge in [-0.05, 0) is 6.42 Å². The van der Waals surface area contributed by atoms with Crippen molar-refractivity contribution in [2.75, 3.05) is 0 Å². The van der Waals surface area contributed by atoms with Crippen molar-refractivity contribution in [3.63, 3.8) is 0 Å². The lowest BCUT2D eigenvalue weighted by Crippen LogP contribution is -1.99. The number of hydrogen-bond acceptors (Lipinski definition) is 2. The second-order valence-electron chi connectivity index (χ2n) is 2.93. The number of rotatable bonds is 1. The Morgan fingerprint density at radius 3 is 3.00 bits per heavy atom. The molecule has 0 N–H and O–H groups in total. The maximum Gasteiger partial charge on any atom is 0.157 e. The first-order valence-electron chi connectivity index (χ1n) is 4.05. The number of nitrogens with zero attached hydrogens (tertiary/aromatic N) is 3. The lowest BCUT2D eigenvalue weighted by molar-refractivity contribution is 0.710. The minimum atomic E-state index is 0.371. The fourth-order valence-corrected chi connectivity index (χ4v) is 1.30. The van der Waals surface area contributed by atoms with E-state index in [2.05, 4.69) is 28.3 Å². The number of aromatic nitrogens is 3. The van der Waals surface area contributed by atoms with Crippen LogP contribution in [0.25, 0.3) is 0 Å². The fraction of sp³-hybridized carbons (Fsp3) is 0.333. The van der Waals surface area contributed by atoms with Crippen LogP contribution < -0.4 is 0 Å². The summed E-state index contributed by atoms with van der Waals surface area (Å²) < 4.78 is 1.74. The van der Waals surface area contributed by atoms with Crippen LogP contribution in [0.2, 0.25) is 0 Å². The number of hydrogen-bond donors (Lipinski definition) is 0. The van der Waals surface area contributed by atoms with Gasteiger partial charge >= 0.3 is 0 Å². The van der Waals surface area contributed by atoms with Gasteiger partial charge in [0.1, 0.15) is 6.33 Å². The summed E-state index contributed by atoms with van der Waals surface area (Å²) in [5, 5.41) is 4.25. The van der Waals surface area contributed by atoms with Gasteiger partial charge in [0.05, 0.1) is 0 Å². The molecule has 1 heterocycles. The van der Waals surface area contributed by atoms with Gasteiger partial charge in [-0.2, -0.15) is 5.10 Å². The van der Waals surface area contributed by atoms with Crippen molar-refractivity contribution >= 4 is 0 Å². The van der Waals surface area contributed by atoms with Crippen LogP contribution in [-0.4, -0.2) is 14.8 Å². The van der Waals surface area contributed by atoms with Crippen molar-refractivity contribution in [3.8, 4) is 0 Å². The quantitative estimate of drug-likeness (QED) is 0.623. The van der Waals surface area contributed by atoms with Gasteiger partial charge in [-0.25, -0.2) is 4.98 Å². The number of aryl methyl sites for hydroxylation is 1. The maximum atomic E-state index is 4.25. The van der Waals surface area contributed by atoms with Crippen molar-refractivity contribution in [2.45, 2.75) is 12.3 Å². The lowest BCUT2D eigenvalue weighted by Gasteiger charge is -2.07. The molecular formula is C9H11N3. The summed E-state index contributed by atoms with van der Waals surface area (Å²) >= 11 is 0. The molecule has 0 saturated carbocycles. The van der Waals surface area contributed by atoms with E-state index in [0.29, 0.717) is 5.92 Å². The Labute approximate surface area is 71.4 Å². The van der Waals surface area contributed by atoms with Crippen LogP contribution >= 0.6 is 0 Å². The van der Waals surface area contributed by atoms with Gasteiger partial charge in [-0.15, -0.1) is 0 Å². The van der Waals surface area contributed by atoms with Crippen molar-refractivity contribution < 1.29 is 0 Å². The molecule has 0 spiro atoms. The molecule has 0 aliphatic heterocycles. The largest absolute Gasteiger partial charge is 0.256 e. The standard InChI is InChI=1S/C9H11N3/c1-12-7-10-9(11-12)8-5-3-2-4-6-8/h2-5,7-8H,6H2,1H3. The average Bonchev–Trinajstić information content (AvgIpc) is 2.54. The molecule has 1 aromatic heterocycles. The predicted molar refractivity (Wildman–Crippen MR) is 46.6 cm³/mol. The molecule has 0 radical (unpaired) electrons. The van der Waals surface area contributed by atoms with Crippen LogP contribution in [0.4, 0.5) is 0 Å². The second kappa shape index (κ2) is 2.93. The normalized spacial score (nSPS) is 21.6. The maximum absolute atomic E-state index is 4.25. The molecule has 1 aliphatic carbocycles. The first kappa shape index (κ1) is 7.28. The van der Waals surface area contributed by atoms with E-state index in [9.17, 15) is 0 Å². The Bertz CT molecular complexity index is 322. The van der Waals surface area contributed by atoms with Crippen molar-refractivity contribution in [1.29, 1.82) is 0 Å². The first-order valence-corrected chi connectivity index (χ1v) is 4.05. The zero-order valence-corrected chi connectivity index (χ0v) is 7.01. The summed E-state index contributed by atoms with van der Waals surface area (Å²) in [4.78, 5) is 4.21. The zero-order chi connectivity index (χ0) is 8.39. The summed E-state index contributed by atoms with van der Waals surface area (Å²) in [6.07, 6.45) is 11.1. The van der Waals surface area contributed by atoms with E-state index < -0.39 is 0 Å². The predicted octanol–water partition coefficient (Wildman–Crippen LogP) is 1.41. The molecule has 0 aromatic carbocycles. The highest BCUT2D eigenvalue weighted by molar-refractivity contribution is 5.18. The van der Waals surface area contributed by atoms with E-state index in [4.69, 9.17) is 0 Å². The summed E-state index contributed by atoms with van der Waals surface area (Å²) in [6.45, 7) is 0. The van der Waals surface area contributed by atoms with Crippen LogP contribution in [0.15, 0.2) is 30.6 Å². The summed E-state index contributed by atoms with van der Waals surface area (Å²) in [5.74, 6) is 1.29. The summed E-state index contributed by atoms with van der Waals surface area (Å²) in [7, 11) is 1.89. The first-order chi connectivity index (χ1) is 5.86. The van der Waals surface area contributed by atoms with E-state index in [0.717, 1.165) is 12.2 Å². The Balaban J connectivity index is 2.20. The molecule has 1 aromatic rings. The molecule has 1 atom stereocenters. The van der Waals surface area contributed by atoms with E-state index in [1.54, 1.807) is 11.0 Å². The smallest absolute Gasteiger partial charge is 0.157 e. The Hall–Kier alpha value is -1.38. The molecule has 3 nitrogen and oxygen atoms in total. The molecular weight excluding hydrogens is 150 g/mol. The van der Waals surface area contributed by atoms with Gasteiger partial charge in [0.25, 0.3) is 0 Å². The third-order valence-electron chi connectivity index (χ3n) is 1.93. The molecule has 12 heavy (non-hydrogen) atoms. The SMILES string of the molecule is Cn1cnc(C2C=CC=CC2)n1. The Kier molecular flexibility index (Phi) is 1.78. The molecule has 62 valence electrons. The van der Waals surface area contributed by atoms with Gasteiger partial charge < -0.3 is 0 Å². The molecule has 1 aliphatic rings. The third kappa shape index (κ3) is 1.30.